The normalized spacial score (nSPS) is 12.0. The molecule has 0 aliphatic heterocycles. The Morgan fingerprint density at radius 2 is 2.12 bits per heavy atom. The first-order valence-corrected chi connectivity index (χ1v) is 8.04. The van der Waals surface area contributed by atoms with Crippen molar-refractivity contribution in [2.75, 3.05) is 12.4 Å². The van der Waals surface area contributed by atoms with Crippen LogP contribution in [0.25, 0.3) is 0 Å². The van der Waals surface area contributed by atoms with E-state index >= 15 is 0 Å². The highest BCUT2D eigenvalue weighted by molar-refractivity contribution is 7.32. The van der Waals surface area contributed by atoms with Crippen LogP contribution in [0, 0.1) is 0 Å². The molecule has 0 fully saturated rings. The van der Waals surface area contributed by atoms with Crippen molar-refractivity contribution in [1.29, 1.82) is 0 Å². The Morgan fingerprint density at radius 1 is 1.40 bits per heavy atom. The van der Waals surface area contributed by atoms with Crippen molar-refractivity contribution in [3.05, 3.63) is 40.7 Å². The summed E-state index contributed by atoms with van der Waals surface area (Å²) in [6.07, 6.45) is -4.08. The molecule has 0 aliphatic rings. The van der Waals surface area contributed by atoms with Crippen LogP contribution in [0.15, 0.2) is 24.4 Å². The van der Waals surface area contributed by atoms with Crippen molar-refractivity contribution in [2.45, 2.75) is 12.8 Å². The average Bonchev–Trinajstić information content (AvgIpc) is 2.52. The van der Waals surface area contributed by atoms with Crippen LogP contribution < -0.4 is 10.1 Å². The quantitative estimate of drug-likeness (QED) is 0.561. The van der Waals surface area contributed by atoms with Gasteiger partial charge in [-0.3, -0.25) is 0 Å². The van der Waals surface area contributed by atoms with E-state index in [1.165, 1.54) is 19.2 Å². The minimum Gasteiger partial charge on any atom is -0.495 e. The molecule has 1 atom stereocenters. The zero-order valence-electron chi connectivity index (χ0n) is 12.5. The lowest BCUT2D eigenvalue weighted by atomic mass is 10.2. The van der Waals surface area contributed by atoms with Gasteiger partial charge >= 0.3 is 14.4 Å². The Kier molecular flexibility index (Phi) is 6.12. The van der Waals surface area contributed by atoms with Gasteiger partial charge in [-0.1, -0.05) is 17.7 Å². The molecular weight excluding hydrogens is 386 g/mol. The number of benzene rings is 1. The summed E-state index contributed by atoms with van der Waals surface area (Å²) in [5, 5.41) is 1.95. The molecule has 0 saturated carbocycles. The molecule has 2 aromatic rings. The van der Waals surface area contributed by atoms with Crippen LogP contribution in [-0.2, 0) is 21.9 Å². The van der Waals surface area contributed by atoms with Gasteiger partial charge < -0.3 is 10.1 Å². The standard InChI is InChI=1S/C13H10ClF3N3O4P/c1-23-10-4-7(6-24-25(21)22)2-3-9(10)19-12-18-5-8(11(14)20-12)13(15,16)17/h2-5H,6H2,1H3,(H-,18,19,20,21,22)/p+1. The first-order valence-electron chi connectivity index (χ1n) is 6.53. The van der Waals surface area contributed by atoms with Crippen molar-refractivity contribution in [1.82, 2.24) is 9.97 Å². The maximum absolute atomic E-state index is 12.6. The van der Waals surface area contributed by atoms with Crippen LogP contribution in [0.3, 0.4) is 0 Å². The van der Waals surface area contributed by atoms with Gasteiger partial charge in [0.15, 0.2) is 0 Å². The van der Waals surface area contributed by atoms with E-state index in [0.29, 0.717) is 23.2 Å². The molecule has 1 aromatic carbocycles. The van der Waals surface area contributed by atoms with Crippen LogP contribution in [0.1, 0.15) is 11.1 Å². The Labute approximate surface area is 145 Å². The van der Waals surface area contributed by atoms with E-state index in [2.05, 4.69) is 19.8 Å². The number of hydrogen-bond acceptors (Lipinski definition) is 6. The Hall–Kier alpha value is -2.00. The molecule has 1 aromatic heterocycles. The molecule has 0 radical (unpaired) electrons. The first-order chi connectivity index (χ1) is 11.7. The minimum absolute atomic E-state index is 0.120. The lowest BCUT2D eigenvalue weighted by Crippen LogP contribution is -2.09. The highest BCUT2D eigenvalue weighted by Gasteiger charge is 2.34. The SMILES string of the molecule is COc1cc(CO[P+](=O)O)ccc1Nc1ncc(C(F)(F)F)c(Cl)n1. The van der Waals surface area contributed by atoms with E-state index in [1.54, 1.807) is 6.07 Å². The zero-order chi connectivity index (χ0) is 18.6. The smallest absolute Gasteiger partial charge is 0.495 e. The van der Waals surface area contributed by atoms with Crippen LogP contribution >= 0.6 is 19.9 Å². The monoisotopic (exact) mass is 396 g/mol. The first kappa shape index (κ1) is 19.3. The van der Waals surface area contributed by atoms with E-state index in [9.17, 15) is 17.7 Å². The molecule has 2 N–H and O–H groups in total. The summed E-state index contributed by atoms with van der Waals surface area (Å²) in [7, 11) is -1.36. The Bertz CT molecular complexity index is 792. The second-order valence-electron chi connectivity index (χ2n) is 4.57. The van der Waals surface area contributed by atoms with Crippen molar-refractivity contribution < 1.29 is 31.9 Å². The number of rotatable bonds is 6. The van der Waals surface area contributed by atoms with Crippen molar-refractivity contribution >= 4 is 31.5 Å². The number of nitrogens with one attached hydrogen (secondary N) is 1. The van der Waals surface area contributed by atoms with Gasteiger partial charge in [-0.15, -0.1) is 9.42 Å². The average molecular weight is 397 g/mol. The van der Waals surface area contributed by atoms with Gasteiger partial charge in [0.25, 0.3) is 0 Å². The number of methoxy groups -OCH3 is 1. The molecule has 0 bridgehead atoms. The molecule has 1 unspecified atom stereocenters. The maximum Gasteiger partial charge on any atom is 0.695 e. The Morgan fingerprint density at radius 3 is 2.68 bits per heavy atom. The molecule has 0 spiro atoms. The fraction of sp³-hybridized carbons (Fsp3) is 0.231. The van der Waals surface area contributed by atoms with Gasteiger partial charge in [0.2, 0.25) is 5.95 Å². The predicted octanol–water partition coefficient (Wildman–Crippen LogP) is 4.07. The molecule has 2 rings (SSSR count). The summed E-state index contributed by atoms with van der Waals surface area (Å²) in [6.45, 7) is -0.120. The maximum atomic E-state index is 12.6. The Balaban J connectivity index is 2.22. The molecular formula is C13H11ClF3N3O4P+. The van der Waals surface area contributed by atoms with E-state index in [4.69, 9.17) is 21.2 Å². The third kappa shape index (κ3) is 5.23. The minimum atomic E-state index is -4.65. The van der Waals surface area contributed by atoms with Gasteiger partial charge in [-0.25, -0.2) is 9.97 Å². The van der Waals surface area contributed by atoms with E-state index in [0.717, 1.165) is 0 Å². The number of anilines is 2. The molecule has 0 saturated heterocycles. The second kappa shape index (κ2) is 7.92. The highest BCUT2D eigenvalue weighted by Crippen LogP contribution is 2.34. The summed E-state index contributed by atoms with van der Waals surface area (Å²) < 4.78 is 58.2. The topological polar surface area (TPSA) is 93.6 Å². The summed E-state index contributed by atoms with van der Waals surface area (Å²) in [4.78, 5) is 15.8. The summed E-state index contributed by atoms with van der Waals surface area (Å²) in [6, 6.07) is 4.61. The number of hydrogen-bond donors (Lipinski definition) is 2. The molecule has 7 nitrogen and oxygen atoms in total. The van der Waals surface area contributed by atoms with E-state index < -0.39 is 25.1 Å². The molecule has 0 amide bonds. The predicted molar refractivity (Wildman–Crippen MR) is 82.9 cm³/mol. The van der Waals surface area contributed by atoms with Gasteiger partial charge in [0.05, 0.1) is 12.8 Å². The number of ether oxygens (including phenoxy) is 1. The van der Waals surface area contributed by atoms with Gasteiger partial charge in [-0.2, -0.15) is 13.2 Å². The van der Waals surface area contributed by atoms with Crippen LogP contribution in [0.4, 0.5) is 24.8 Å². The largest absolute Gasteiger partial charge is 0.695 e. The van der Waals surface area contributed by atoms with Gasteiger partial charge in [-0.05, 0) is 17.7 Å². The third-order valence-electron chi connectivity index (χ3n) is 2.90. The molecule has 1 heterocycles. The van der Waals surface area contributed by atoms with Crippen LogP contribution in [-0.4, -0.2) is 22.0 Å². The lowest BCUT2D eigenvalue weighted by Gasteiger charge is -2.12. The highest BCUT2D eigenvalue weighted by atomic mass is 35.5. The van der Waals surface area contributed by atoms with Gasteiger partial charge in [0, 0.05) is 10.8 Å². The number of alkyl halides is 3. The molecule has 134 valence electrons. The summed E-state index contributed by atoms with van der Waals surface area (Å²) in [5.41, 5.74) is -0.237. The fourth-order valence-corrected chi connectivity index (χ4v) is 2.29. The molecule has 0 aliphatic carbocycles. The van der Waals surface area contributed by atoms with Gasteiger partial charge in [0.1, 0.15) is 23.1 Å². The zero-order valence-corrected chi connectivity index (χ0v) is 14.2. The summed E-state index contributed by atoms with van der Waals surface area (Å²) in [5.74, 6) is 0.146. The third-order valence-corrected chi connectivity index (χ3v) is 3.54. The van der Waals surface area contributed by atoms with Crippen molar-refractivity contribution in [3.63, 3.8) is 0 Å². The van der Waals surface area contributed by atoms with Crippen molar-refractivity contribution in [3.8, 4) is 5.75 Å². The molecule has 25 heavy (non-hydrogen) atoms. The van der Waals surface area contributed by atoms with Crippen LogP contribution in [0.2, 0.25) is 5.15 Å². The fourth-order valence-electron chi connectivity index (χ4n) is 1.79. The van der Waals surface area contributed by atoms with E-state index in [-0.39, 0.29) is 12.6 Å². The number of halogens is 4. The number of aromatic nitrogens is 2. The lowest BCUT2D eigenvalue weighted by molar-refractivity contribution is -0.137. The summed E-state index contributed by atoms with van der Waals surface area (Å²) >= 11 is 5.54. The number of nitrogens with zero attached hydrogens (tertiary/aromatic N) is 2. The van der Waals surface area contributed by atoms with Crippen molar-refractivity contribution in [2.24, 2.45) is 0 Å². The molecule has 12 heteroatoms. The van der Waals surface area contributed by atoms with E-state index in [1.807, 2.05) is 0 Å². The van der Waals surface area contributed by atoms with Crippen LogP contribution in [0.5, 0.6) is 5.75 Å². The second-order valence-corrected chi connectivity index (χ2v) is 5.66.